The molecule has 0 spiro atoms. The average molecular weight is 347 g/mol. The van der Waals surface area contributed by atoms with Gasteiger partial charge in [0, 0.05) is 5.56 Å². The van der Waals surface area contributed by atoms with Crippen molar-refractivity contribution >= 4 is 11.8 Å². The standard InChI is InChI=1S/C19H17N5O2/c1-25-16-9-13(17-14(10-20)18(21)24-19(22)23-17)7-8-15(16)26-11-12-5-3-2-4-6-12/h2-9H,11H2,1H3,(H4,21,22,23,24). The number of methoxy groups -OCH3 is 1. The Balaban J connectivity index is 1.94. The van der Waals surface area contributed by atoms with Crippen LogP contribution in [0, 0.1) is 11.3 Å². The maximum absolute atomic E-state index is 9.34. The van der Waals surface area contributed by atoms with Crippen LogP contribution in [0.15, 0.2) is 48.5 Å². The molecule has 4 N–H and O–H groups in total. The first-order valence-electron chi connectivity index (χ1n) is 7.80. The lowest BCUT2D eigenvalue weighted by Crippen LogP contribution is -2.05. The zero-order chi connectivity index (χ0) is 18.5. The molecular weight excluding hydrogens is 330 g/mol. The summed E-state index contributed by atoms with van der Waals surface area (Å²) in [7, 11) is 1.54. The van der Waals surface area contributed by atoms with E-state index < -0.39 is 0 Å². The molecule has 0 bridgehead atoms. The first-order chi connectivity index (χ1) is 12.6. The number of benzene rings is 2. The average Bonchev–Trinajstić information content (AvgIpc) is 2.66. The summed E-state index contributed by atoms with van der Waals surface area (Å²) in [6.45, 7) is 0.410. The number of nitrogens with two attached hydrogens (primary N) is 2. The summed E-state index contributed by atoms with van der Waals surface area (Å²) in [5, 5.41) is 9.34. The van der Waals surface area contributed by atoms with Crippen LogP contribution in [0.3, 0.4) is 0 Å². The molecule has 0 radical (unpaired) electrons. The zero-order valence-electron chi connectivity index (χ0n) is 14.1. The molecule has 3 aromatic rings. The SMILES string of the molecule is COc1cc(-c2nc(N)nc(N)c2C#N)ccc1OCc1ccccc1. The Morgan fingerprint density at radius 2 is 1.81 bits per heavy atom. The number of hydrogen-bond donors (Lipinski definition) is 2. The molecule has 2 aromatic carbocycles. The van der Waals surface area contributed by atoms with Gasteiger partial charge in [-0.2, -0.15) is 10.2 Å². The van der Waals surface area contributed by atoms with Gasteiger partial charge in [0.1, 0.15) is 24.1 Å². The van der Waals surface area contributed by atoms with Crippen LogP contribution >= 0.6 is 0 Å². The van der Waals surface area contributed by atoms with Gasteiger partial charge in [0.05, 0.1) is 12.8 Å². The molecule has 0 saturated heterocycles. The molecule has 1 heterocycles. The highest BCUT2D eigenvalue weighted by atomic mass is 16.5. The fourth-order valence-electron chi connectivity index (χ4n) is 2.48. The molecule has 0 aliphatic carbocycles. The van der Waals surface area contributed by atoms with Crippen LogP contribution in [0.1, 0.15) is 11.1 Å². The van der Waals surface area contributed by atoms with Crippen LogP contribution in [-0.4, -0.2) is 17.1 Å². The number of anilines is 2. The highest BCUT2D eigenvalue weighted by Gasteiger charge is 2.15. The minimum atomic E-state index is -0.000119. The molecule has 0 fully saturated rings. The Kier molecular flexibility index (Phi) is 4.85. The van der Waals surface area contributed by atoms with E-state index in [4.69, 9.17) is 20.9 Å². The van der Waals surface area contributed by atoms with Gasteiger partial charge < -0.3 is 20.9 Å². The van der Waals surface area contributed by atoms with Crippen molar-refractivity contribution in [1.82, 2.24) is 9.97 Å². The molecule has 0 saturated carbocycles. The van der Waals surface area contributed by atoms with Gasteiger partial charge in [0.25, 0.3) is 0 Å². The predicted molar refractivity (Wildman–Crippen MR) is 98.3 cm³/mol. The van der Waals surface area contributed by atoms with Crippen LogP contribution < -0.4 is 20.9 Å². The molecule has 0 aliphatic rings. The van der Waals surface area contributed by atoms with E-state index in [1.54, 1.807) is 25.3 Å². The van der Waals surface area contributed by atoms with E-state index in [9.17, 15) is 5.26 Å². The third-order valence-corrected chi connectivity index (χ3v) is 3.74. The van der Waals surface area contributed by atoms with Gasteiger partial charge in [-0.25, -0.2) is 4.98 Å². The fraction of sp³-hybridized carbons (Fsp3) is 0.105. The Labute approximate surface area is 150 Å². The molecule has 130 valence electrons. The van der Waals surface area contributed by atoms with Crippen molar-refractivity contribution < 1.29 is 9.47 Å². The van der Waals surface area contributed by atoms with Crippen molar-refractivity contribution in [3.05, 3.63) is 59.7 Å². The quantitative estimate of drug-likeness (QED) is 0.728. The number of nitrogen functional groups attached to an aromatic ring is 2. The molecule has 7 heteroatoms. The maximum atomic E-state index is 9.34. The first kappa shape index (κ1) is 17.0. The van der Waals surface area contributed by atoms with Crippen molar-refractivity contribution in [2.75, 3.05) is 18.6 Å². The summed E-state index contributed by atoms with van der Waals surface area (Å²) in [4.78, 5) is 7.96. The van der Waals surface area contributed by atoms with Gasteiger partial charge in [0.2, 0.25) is 5.95 Å². The molecule has 0 atom stereocenters. The lowest BCUT2D eigenvalue weighted by atomic mass is 10.1. The summed E-state index contributed by atoms with van der Waals surface area (Å²) in [5.74, 6) is 1.13. The number of ether oxygens (including phenoxy) is 2. The van der Waals surface area contributed by atoms with Gasteiger partial charge in [-0.3, -0.25) is 0 Å². The number of nitrogens with zero attached hydrogens (tertiary/aromatic N) is 3. The van der Waals surface area contributed by atoms with Gasteiger partial charge in [-0.15, -0.1) is 0 Å². The molecule has 26 heavy (non-hydrogen) atoms. The first-order valence-corrected chi connectivity index (χ1v) is 7.80. The van der Waals surface area contributed by atoms with Crippen LogP contribution in [-0.2, 0) is 6.61 Å². The maximum Gasteiger partial charge on any atom is 0.222 e. The Bertz CT molecular complexity index is 968. The Morgan fingerprint density at radius 1 is 1.04 bits per heavy atom. The van der Waals surface area contributed by atoms with E-state index >= 15 is 0 Å². The van der Waals surface area contributed by atoms with Gasteiger partial charge >= 0.3 is 0 Å². The van der Waals surface area contributed by atoms with Gasteiger partial charge in [-0.1, -0.05) is 30.3 Å². The summed E-state index contributed by atoms with van der Waals surface area (Å²) in [5.41, 5.74) is 13.6. The van der Waals surface area contributed by atoms with E-state index in [0.717, 1.165) is 5.56 Å². The van der Waals surface area contributed by atoms with Crippen molar-refractivity contribution in [3.63, 3.8) is 0 Å². The van der Waals surface area contributed by atoms with E-state index in [1.165, 1.54) is 0 Å². The van der Waals surface area contributed by atoms with Gasteiger partial charge in [-0.05, 0) is 23.8 Å². The Morgan fingerprint density at radius 3 is 2.50 bits per heavy atom. The zero-order valence-corrected chi connectivity index (χ0v) is 14.1. The summed E-state index contributed by atoms with van der Waals surface area (Å²) >= 11 is 0. The number of nitriles is 1. The van der Waals surface area contributed by atoms with Crippen LogP contribution in [0.2, 0.25) is 0 Å². The second-order valence-electron chi connectivity index (χ2n) is 5.44. The highest BCUT2D eigenvalue weighted by molar-refractivity contribution is 5.74. The van der Waals surface area contributed by atoms with Gasteiger partial charge in [0.15, 0.2) is 11.5 Å². The van der Waals surface area contributed by atoms with Crippen molar-refractivity contribution in [3.8, 4) is 28.8 Å². The summed E-state index contributed by atoms with van der Waals surface area (Å²) < 4.78 is 11.3. The minimum absolute atomic E-state index is 0.000119. The largest absolute Gasteiger partial charge is 0.493 e. The fourth-order valence-corrected chi connectivity index (χ4v) is 2.48. The van der Waals surface area contributed by atoms with E-state index in [-0.39, 0.29) is 17.3 Å². The highest BCUT2D eigenvalue weighted by Crippen LogP contribution is 2.34. The van der Waals surface area contributed by atoms with Crippen LogP contribution in [0.25, 0.3) is 11.3 Å². The van der Waals surface area contributed by atoms with E-state index in [1.807, 2.05) is 36.4 Å². The third kappa shape index (κ3) is 3.49. The minimum Gasteiger partial charge on any atom is -0.493 e. The predicted octanol–water partition coefficient (Wildman–Crippen LogP) is 2.77. The van der Waals surface area contributed by atoms with E-state index in [2.05, 4.69) is 9.97 Å². The molecular formula is C19H17N5O2. The smallest absolute Gasteiger partial charge is 0.222 e. The van der Waals surface area contributed by atoms with Crippen LogP contribution in [0.4, 0.5) is 11.8 Å². The topological polar surface area (TPSA) is 120 Å². The van der Waals surface area contributed by atoms with Crippen molar-refractivity contribution in [1.29, 1.82) is 5.26 Å². The molecule has 1 aromatic heterocycles. The molecule has 3 rings (SSSR count). The van der Waals surface area contributed by atoms with Crippen LogP contribution in [0.5, 0.6) is 11.5 Å². The summed E-state index contributed by atoms with van der Waals surface area (Å²) in [6.07, 6.45) is 0. The summed E-state index contributed by atoms with van der Waals surface area (Å²) in [6, 6.07) is 17.1. The molecule has 0 aliphatic heterocycles. The van der Waals surface area contributed by atoms with Crippen molar-refractivity contribution in [2.24, 2.45) is 0 Å². The van der Waals surface area contributed by atoms with E-state index in [0.29, 0.717) is 29.4 Å². The second kappa shape index (κ2) is 7.40. The Hall–Kier alpha value is -3.79. The second-order valence-corrected chi connectivity index (χ2v) is 5.44. The lowest BCUT2D eigenvalue weighted by Gasteiger charge is -2.13. The third-order valence-electron chi connectivity index (χ3n) is 3.74. The molecule has 0 unspecified atom stereocenters. The number of rotatable bonds is 5. The van der Waals surface area contributed by atoms with Crippen molar-refractivity contribution in [2.45, 2.75) is 6.61 Å². The number of hydrogen-bond acceptors (Lipinski definition) is 7. The monoisotopic (exact) mass is 347 g/mol. The molecule has 0 amide bonds. The lowest BCUT2D eigenvalue weighted by molar-refractivity contribution is 0.284. The molecule has 7 nitrogen and oxygen atoms in total. The normalized spacial score (nSPS) is 10.2. The number of aromatic nitrogens is 2.